The van der Waals surface area contributed by atoms with Crippen LogP contribution in [0.5, 0.6) is 0 Å². The number of rotatable bonds is 2. The highest BCUT2D eigenvalue weighted by atomic mass is 16.5. The van der Waals surface area contributed by atoms with Gasteiger partial charge in [-0.1, -0.05) is 18.2 Å². The lowest BCUT2D eigenvalue weighted by atomic mass is 10.1. The first-order valence-corrected chi connectivity index (χ1v) is 4.89. The number of furan rings is 1. The molecule has 2 aromatic rings. The van der Waals surface area contributed by atoms with Gasteiger partial charge in [-0.3, -0.25) is 0 Å². The third-order valence-electron chi connectivity index (χ3n) is 2.30. The Balaban J connectivity index is 2.53. The maximum Gasteiger partial charge on any atom is 0.374 e. The molecule has 78 valence electrons. The zero-order valence-corrected chi connectivity index (χ0v) is 8.74. The molecule has 1 aromatic carbocycles. The SMILES string of the molecule is CCOC(=O)c1oc2ccccc2c1C. The van der Waals surface area contributed by atoms with Crippen LogP contribution in [0.2, 0.25) is 0 Å². The van der Waals surface area contributed by atoms with Crippen molar-refractivity contribution < 1.29 is 13.9 Å². The monoisotopic (exact) mass is 204 g/mol. The highest BCUT2D eigenvalue weighted by molar-refractivity contribution is 5.95. The summed E-state index contributed by atoms with van der Waals surface area (Å²) >= 11 is 0. The van der Waals surface area contributed by atoms with Gasteiger partial charge in [0.2, 0.25) is 5.76 Å². The number of carbonyl (C=O) groups excluding carboxylic acids is 1. The molecule has 3 nitrogen and oxygen atoms in total. The summed E-state index contributed by atoms with van der Waals surface area (Å²) in [4.78, 5) is 11.5. The smallest absolute Gasteiger partial charge is 0.374 e. The van der Waals surface area contributed by atoms with Gasteiger partial charge >= 0.3 is 5.97 Å². The van der Waals surface area contributed by atoms with Gasteiger partial charge in [-0.05, 0) is 19.9 Å². The average molecular weight is 204 g/mol. The first-order valence-electron chi connectivity index (χ1n) is 4.89. The summed E-state index contributed by atoms with van der Waals surface area (Å²) in [7, 11) is 0. The predicted octanol–water partition coefficient (Wildman–Crippen LogP) is 2.92. The Kier molecular flexibility index (Phi) is 2.46. The number of esters is 1. The van der Waals surface area contributed by atoms with Gasteiger partial charge in [-0.2, -0.15) is 0 Å². The standard InChI is InChI=1S/C12H12O3/c1-3-14-12(13)11-8(2)9-6-4-5-7-10(9)15-11/h4-7H,3H2,1-2H3. The molecule has 15 heavy (non-hydrogen) atoms. The van der Waals surface area contributed by atoms with Crippen LogP contribution in [0.1, 0.15) is 23.0 Å². The van der Waals surface area contributed by atoms with Gasteiger partial charge in [0.05, 0.1) is 6.61 Å². The molecule has 0 saturated heterocycles. The van der Waals surface area contributed by atoms with E-state index in [0.29, 0.717) is 12.4 Å². The van der Waals surface area contributed by atoms with E-state index in [1.165, 1.54) is 0 Å². The van der Waals surface area contributed by atoms with Crippen LogP contribution in [-0.2, 0) is 4.74 Å². The van der Waals surface area contributed by atoms with Crippen LogP contribution >= 0.6 is 0 Å². The zero-order chi connectivity index (χ0) is 10.8. The lowest BCUT2D eigenvalue weighted by Gasteiger charge is -1.97. The molecule has 0 bridgehead atoms. The molecule has 0 aliphatic carbocycles. The van der Waals surface area contributed by atoms with Gasteiger partial charge < -0.3 is 9.15 Å². The van der Waals surface area contributed by atoms with Crippen molar-refractivity contribution >= 4 is 16.9 Å². The predicted molar refractivity (Wildman–Crippen MR) is 56.9 cm³/mol. The van der Waals surface area contributed by atoms with Crippen molar-refractivity contribution in [3.05, 3.63) is 35.6 Å². The van der Waals surface area contributed by atoms with Crippen molar-refractivity contribution in [2.45, 2.75) is 13.8 Å². The molecule has 0 atom stereocenters. The van der Waals surface area contributed by atoms with E-state index in [-0.39, 0.29) is 0 Å². The van der Waals surface area contributed by atoms with Gasteiger partial charge in [0.1, 0.15) is 5.58 Å². The Morgan fingerprint density at radius 1 is 1.40 bits per heavy atom. The summed E-state index contributed by atoms with van der Waals surface area (Å²) in [5.74, 6) is -0.0933. The summed E-state index contributed by atoms with van der Waals surface area (Å²) in [5.41, 5.74) is 1.56. The van der Waals surface area contributed by atoms with Gasteiger partial charge in [0, 0.05) is 10.9 Å². The third kappa shape index (κ3) is 1.61. The third-order valence-corrected chi connectivity index (χ3v) is 2.30. The Hall–Kier alpha value is -1.77. The fraction of sp³-hybridized carbons (Fsp3) is 0.250. The van der Waals surface area contributed by atoms with E-state index in [4.69, 9.17) is 9.15 Å². The topological polar surface area (TPSA) is 39.4 Å². The second-order valence-electron chi connectivity index (χ2n) is 3.27. The molecule has 0 fully saturated rings. The number of para-hydroxylation sites is 1. The molecule has 0 aliphatic heterocycles. The van der Waals surface area contributed by atoms with Crippen molar-refractivity contribution in [3.8, 4) is 0 Å². The van der Waals surface area contributed by atoms with Crippen molar-refractivity contribution in [1.82, 2.24) is 0 Å². The van der Waals surface area contributed by atoms with Crippen molar-refractivity contribution in [2.75, 3.05) is 6.61 Å². The van der Waals surface area contributed by atoms with Crippen molar-refractivity contribution in [1.29, 1.82) is 0 Å². The molecule has 0 aliphatic rings. The fourth-order valence-electron chi connectivity index (χ4n) is 1.57. The van der Waals surface area contributed by atoms with Gasteiger partial charge in [-0.25, -0.2) is 4.79 Å². The lowest BCUT2D eigenvalue weighted by Crippen LogP contribution is -2.04. The van der Waals surface area contributed by atoms with Gasteiger partial charge in [0.15, 0.2) is 0 Å². The van der Waals surface area contributed by atoms with Crippen LogP contribution in [0.25, 0.3) is 11.0 Å². The highest BCUT2D eigenvalue weighted by Gasteiger charge is 2.17. The number of benzene rings is 1. The molecule has 1 aromatic heterocycles. The van der Waals surface area contributed by atoms with E-state index < -0.39 is 5.97 Å². The molecule has 0 spiro atoms. The highest BCUT2D eigenvalue weighted by Crippen LogP contribution is 2.25. The van der Waals surface area contributed by atoms with E-state index in [0.717, 1.165) is 16.5 Å². The first-order chi connectivity index (χ1) is 7.24. The minimum absolute atomic E-state index is 0.304. The Morgan fingerprint density at radius 2 is 2.13 bits per heavy atom. The quantitative estimate of drug-likeness (QED) is 0.706. The van der Waals surface area contributed by atoms with E-state index in [1.54, 1.807) is 6.92 Å². The lowest BCUT2D eigenvalue weighted by molar-refractivity contribution is 0.0491. The molecular formula is C12H12O3. The Morgan fingerprint density at radius 3 is 2.80 bits per heavy atom. The van der Waals surface area contributed by atoms with Gasteiger partial charge in [-0.15, -0.1) is 0 Å². The number of hydrogen-bond donors (Lipinski definition) is 0. The Labute approximate surface area is 87.6 Å². The second kappa shape index (κ2) is 3.77. The molecule has 3 heteroatoms. The molecule has 0 unspecified atom stereocenters. The van der Waals surface area contributed by atoms with Crippen molar-refractivity contribution in [2.24, 2.45) is 0 Å². The minimum atomic E-state index is -0.397. The summed E-state index contributed by atoms with van der Waals surface area (Å²) in [6, 6.07) is 7.56. The van der Waals surface area contributed by atoms with Crippen molar-refractivity contribution in [3.63, 3.8) is 0 Å². The maximum atomic E-state index is 11.5. The largest absolute Gasteiger partial charge is 0.460 e. The molecule has 2 rings (SSSR count). The maximum absolute atomic E-state index is 11.5. The summed E-state index contributed by atoms with van der Waals surface area (Å²) in [6.07, 6.45) is 0. The Bertz CT molecular complexity index is 497. The number of carbonyl (C=O) groups is 1. The molecule has 1 heterocycles. The molecule has 0 saturated carbocycles. The molecular weight excluding hydrogens is 192 g/mol. The van der Waals surface area contributed by atoms with Crippen LogP contribution < -0.4 is 0 Å². The number of ether oxygens (including phenoxy) is 1. The van der Waals surface area contributed by atoms with Crippen LogP contribution in [0, 0.1) is 6.92 Å². The molecule has 0 amide bonds. The zero-order valence-electron chi connectivity index (χ0n) is 8.74. The van der Waals surface area contributed by atoms with Crippen LogP contribution in [0.3, 0.4) is 0 Å². The molecule has 0 N–H and O–H groups in total. The van der Waals surface area contributed by atoms with Gasteiger partial charge in [0.25, 0.3) is 0 Å². The average Bonchev–Trinajstić information content (AvgIpc) is 2.57. The molecule has 0 radical (unpaired) electrons. The minimum Gasteiger partial charge on any atom is -0.460 e. The first kappa shape index (κ1) is 9.77. The van der Waals surface area contributed by atoms with Crippen LogP contribution in [0.15, 0.2) is 28.7 Å². The van der Waals surface area contributed by atoms with E-state index in [9.17, 15) is 4.79 Å². The normalized spacial score (nSPS) is 10.5. The summed E-state index contributed by atoms with van der Waals surface area (Å²) < 4.78 is 10.3. The van der Waals surface area contributed by atoms with E-state index in [2.05, 4.69) is 0 Å². The van der Waals surface area contributed by atoms with E-state index in [1.807, 2.05) is 31.2 Å². The summed E-state index contributed by atoms with van der Waals surface area (Å²) in [6.45, 7) is 3.99. The summed E-state index contributed by atoms with van der Waals surface area (Å²) in [5, 5.41) is 0.959. The number of hydrogen-bond acceptors (Lipinski definition) is 3. The number of fused-ring (bicyclic) bond motifs is 1. The second-order valence-corrected chi connectivity index (χ2v) is 3.27. The fourth-order valence-corrected chi connectivity index (χ4v) is 1.57. The van der Waals surface area contributed by atoms with Crippen LogP contribution in [0.4, 0.5) is 0 Å². The van der Waals surface area contributed by atoms with Crippen LogP contribution in [-0.4, -0.2) is 12.6 Å². The number of aryl methyl sites for hydroxylation is 1. The van der Waals surface area contributed by atoms with E-state index >= 15 is 0 Å².